The molecular formula is C16H24N2O3. The highest BCUT2D eigenvalue weighted by atomic mass is 16.5. The van der Waals surface area contributed by atoms with Crippen molar-refractivity contribution in [3.63, 3.8) is 0 Å². The van der Waals surface area contributed by atoms with E-state index in [1.165, 1.54) is 0 Å². The molecule has 1 aliphatic heterocycles. The third kappa shape index (κ3) is 2.82. The summed E-state index contributed by atoms with van der Waals surface area (Å²) in [5.74, 6) is 0.267. The Hall–Kier alpha value is -1.78. The highest BCUT2D eigenvalue weighted by Crippen LogP contribution is 2.35. The smallest absolute Gasteiger partial charge is 0.342 e. The highest BCUT2D eigenvalue weighted by molar-refractivity contribution is 6.04. The van der Waals surface area contributed by atoms with E-state index in [1.807, 2.05) is 33.9 Å². The van der Waals surface area contributed by atoms with Gasteiger partial charge in [-0.15, -0.1) is 0 Å². The molecule has 2 rings (SSSR count). The van der Waals surface area contributed by atoms with Gasteiger partial charge >= 0.3 is 5.97 Å². The zero-order valence-corrected chi connectivity index (χ0v) is 13.4. The number of hydrogen-bond donors (Lipinski definition) is 1. The first kappa shape index (κ1) is 15.6. The number of nitrogens with zero attached hydrogens (tertiary/aromatic N) is 1. The van der Waals surface area contributed by atoms with Crippen LogP contribution in [-0.2, 0) is 14.9 Å². The molecule has 1 aromatic rings. The fourth-order valence-electron chi connectivity index (χ4n) is 2.67. The number of anilines is 1. The van der Waals surface area contributed by atoms with Gasteiger partial charge in [0.05, 0.1) is 6.61 Å². The van der Waals surface area contributed by atoms with Crippen LogP contribution in [0.3, 0.4) is 0 Å². The van der Waals surface area contributed by atoms with Gasteiger partial charge in [0.15, 0.2) is 0 Å². The molecule has 1 aliphatic rings. The van der Waals surface area contributed by atoms with E-state index in [-0.39, 0.29) is 23.2 Å². The molecule has 0 saturated carbocycles. The summed E-state index contributed by atoms with van der Waals surface area (Å²) in [6, 6.07) is 0. The Bertz CT molecular complexity index is 554. The van der Waals surface area contributed by atoms with Crippen LogP contribution in [0.25, 0.3) is 0 Å². The van der Waals surface area contributed by atoms with Crippen molar-refractivity contribution in [1.29, 1.82) is 0 Å². The number of hydrogen-bond acceptors (Lipinski definition) is 3. The standard InChI is InChI=1S/C16H24N2O3/c1-6-21-15(20)12-11(16(3,4)5)9-17-13(12)18-8-7-10(2)14(18)19/h9-10,17H,6-8H2,1-5H3. The number of nitrogens with one attached hydrogen (secondary N) is 1. The first-order valence-electron chi connectivity index (χ1n) is 7.47. The van der Waals surface area contributed by atoms with Crippen LogP contribution in [0, 0.1) is 5.92 Å². The Kier molecular flexibility index (Phi) is 4.12. The molecule has 1 saturated heterocycles. The first-order valence-corrected chi connectivity index (χ1v) is 7.47. The maximum atomic E-state index is 12.4. The fraction of sp³-hybridized carbons (Fsp3) is 0.625. The molecule has 2 heterocycles. The lowest BCUT2D eigenvalue weighted by Gasteiger charge is -2.21. The average Bonchev–Trinajstić information content (AvgIpc) is 2.94. The van der Waals surface area contributed by atoms with Crippen molar-refractivity contribution in [2.24, 2.45) is 5.92 Å². The number of aromatic nitrogens is 1. The second kappa shape index (κ2) is 5.54. The van der Waals surface area contributed by atoms with Gasteiger partial charge in [-0.05, 0) is 24.3 Å². The summed E-state index contributed by atoms with van der Waals surface area (Å²) < 4.78 is 5.19. The van der Waals surface area contributed by atoms with Crippen molar-refractivity contribution in [2.75, 3.05) is 18.1 Å². The van der Waals surface area contributed by atoms with E-state index < -0.39 is 0 Å². The molecule has 0 spiro atoms. The molecule has 0 radical (unpaired) electrons. The third-order valence-electron chi connectivity index (χ3n) is 3.89. The van der Waals surface area contributed by atoms with Crippen LogP contribution in [0.15, 0.2) is 6.20 Å². The zero-order valence-electron chi connectivity index (χ0n) is 13.4. The molecule has 5 heteroatoms. The van der Waals surface area contributed by atoms with E-state index in [0.717, 1.165) is 12.0 Å². The van der Waals surface area contributed by atoms with Crippen LogP contribution in [0.4, 0.5) is 5.82 Å². The number of rotatable bonds is 3. The number of ether oxygens (including phenoxy) is 1. The summed E-state index contributed by atoms with van der Waals surface area (Å²) in [5.41, 5.74) is 1.17. The van der Waals surface area contributed by atoms with Crippen molar-refractivity contribution in [1.82, 2.24) is 4.98 Å². The Labute approximate surface area is 125 Å². The summed E-state index contributed by atoms with van der Waals surface area (Å²) in [6.07, 6.45) is 2.63. The predicted molar refractivity (Wildman–Crippen MR) is 81.6 cm³/mol. The maximum Gasteiger partial charge on any atom is 0.342 e. The van der Waals surface area contributed by atoms with Gasteiger partial charge in [-0.2, -0.15) is 0 Å². The van der Waals surface area contributed by atoms with Crippen molar-refractivity contribution in [3.8, 4) is 0 Å². The van der Waals surface area contributed by atoms with Crippen LogP contribution >= 0.6 is 0 Å². The second-order valence-electron chi connectivity index (χ2n) is 6.58. The summed E-state index contributed by atoms with van der Waals surface area (Å²) in [5, 5.41) is 0. The molecule has 116 valence electrons. The van der Waals surface area contributed by atoms with Gasteiger partial charge < -0.3 is 9.72 Å². The van der Waals surface area contributed by atoms with E-state index >= 15 is 0 Å². The molecule has 0 aromatic carbocycles. The van der Waals surface area contributed by atoms with E-state index in [1.54, 1.807) is 11.8 Å². The Balaban J connectivity index is 2.49. The van der Waals surface area contributed by atoms with Crippen molar-refractivity contribution in [3.05, 3.63) is 17.3 Å². The minimum absolute atomic E-state index is 0.00133. The van der Waals surface area contributed by atoms with Crippen LogP contribution in [0.1, 0.15) is 57.0 Å². The maximum absolute atomic E-state index is 12.4. The molecule has 0 aliphatic carbocycles. The van der Waals surface area contributed by atoms with E-state index in [0.29, 0.717) is 24.5 Å². The SMILES string of the molecule is CCOC(=O)c1c(C(C)(C)C)c[nH]c1N1CCC(C)C1=O. The molecule has 1 unspecified atom stereocenters. The highest BCUT2D eigenvalue weighted by Gasteiger charge is 2.35. The van der Waals surface area contributed by atoms with Crippen LogP contribution in [-0.4, -0.2) is 30.0 Å². The lowest BCUT2D eigenvalue weighted by Crippen LogP contribution is -2.29. The molecule has 1 amide bonds. The second-order valence-corrected chi connectivity index (χ2v) is 6.58. The molecule has 1 atom stereocenters. The number of amides is 1. The Morgan fingerprint density at radius 3 is 2.62 bits per heavy atom. The lowest BCUT2D eigenvalue weighted by molar-refractivity contribution is -0.119. The van der Waals surface area contributed by atoms with Gasteiger partial charge in [0, 0.05) is 18.7 Å². The van der Waals surface area contributed by atoms with Gasteiger partial charge in [0.2, 0.25) is 5.91 Å². The van der Waals surface area contributed by atoms with Crippen molar-refractivity contribution in [2.45, 2.75) is 46.5 Å². The summed E-state index contributed by atoms with van der Waals surface area (Å²) in [6.45, 7) is 10.8. The third-order valence-corrected chi connectivity index (χ3v) is 3.89. The van der Waals surface area contributed by atoms with Gasteiger partial charge in [0.1, 0.15) is 11.4 Å². The largest absolute Gasteiger partial charge is 0.462 e. The molecule has 21 heavy (non-hydrogen) atoms. The zero-order chi connectivity index (χ0) is 15.8. The molecule has 1 aromatic heterocycles. The quantitative estimate of drug-likeness (QED) is 0.871. The van der Waals surface area contributed by atoms with Crippen molar-refractivity contribution >= 4 is 17.7 Å². The van der Waals surface area contributed by atoms with Gasteiger partial charge in [-0.25, -0.2) is 4.79 Å². The Morgan fingerprint density at radius 2 is 2.14 bits per heavy atom. The minimum Gasteiger partial charge on any atom is -0.462 e. The summed E-state index contributed by atoms with van der Waals surface area (Å²) in [7, 11) is 0. The summed E-state index contributed by atoms with van der Waals surface area (Å²) in [4.78, 5) is 29.4. The van der Waals surface area contributed by atoms with Crippen molar-refractivity contribution < 1.29 is 14.3 Å². The van der Waals surface area contributed by atoms with Crippen LogP contribution < -0.4 is 4.90 Å². The van der Waals surface area contributed by atoms with Crippen LogP contribution in [0.5, 0.6) is 0 Å². The monoisotopic (exact) mass is 292 g/mol. The number of carbonyl (C=O) groups is 2. The molecular weight excluding hydrogens is 268 g/mol. The average molecular weight is 292 g/mol. The lowest BCUT2D eigenvalue weighted by atomic mass is 9.86. The molecule has 1 N–H and O–H groups in total. The van der Waals surface area contributed by atoms with Gasteiger partial charge in [-0.3, -0.25) is 9.69 Å². The molecule has 0 bridgehead atoms. The normalized spacial score (nSPS) is 19.2. The molecule has 1 fully saturated rings. The topological polar surface area (TPSA) is 62.4 Å². The molecule has 5 nitrogen and oxygen atoms in total. The van der Waals surface area contributed by atoms with Gasteiger partial charge in [-0.1, -0.05) is 27.7 Å². The Morgan fingerprint density at radius 1 is 1.48 bits per heavy atom. The van der Waals surface area contributed by atoms with E-state index in [2.05, 4.69) is 4.98 Å². The number of H-pyrrole nitrogens is 1. The van der Waals surface area contributed by atoms with Crippen LogP contribution in [0.2, 0.25) is 0 Å². The van der Waals surface area contributed by atoms with E-state index in [4.69, 9.17) is 4.74 Å². The fourth-order valence-corrected chi connectivity index (χ4v) is 2.67. The number of aromatic amines is 1. The first-order chi connectivity index (χ1) is 9.77. The van der Waals surface area contributed by atoms with Gasteiger partial charge in [0.25, 0.3) is 0 Å². The number of carbonyl (C=O) groups excluding carboxylic acids is 2. The minimum atomic E-state index is -0.369. The van der Waals surface area contributed by atoms with E-state index in [9.17, 15) is 9.59 Å². The summed E-state index contributed by atoms with van der Waals surface area (Å²) >= 11 is 0. The predicted octanol–water partition coefficient (Wildman–Crippen LogP) is 2.86. The number of esters is 1.